The van der Waals surface area contributed by atoms with Crippen LogP contribution in [0, 0.1) is 5.82 Å². The van der Waals surface area contributed by atoms with Crippen molar-refractivity contribution >= 4 is 29.3 Å². The number of carbonyl (C=O) groups is 3. The number of halogens is 1. The van der Waals surface area contributed by atoms with E-state index in [-0.39, 0.29) is 18.1 Å². The molecule has 2 atom stereocenters. The number of ether oxygens (including phenoxy) is 1. The average Bonchev–Trinajstić information content (AvgIpc) is 3.16. The van der Waals surface area contributed by atoms with Gasteiger partial charge in [-0.25, -0.2) is 9.18 Å². The highest BCUT2D eigenvalue weighted by Gasteiger charge is 2.47. The van der Waals surface area contributed by atoms with E-state index >= 15 is 0 Å². The fourth-order valence-electron chi connectivity index (χ4n) is 4.02. The number of hydrogen-bond acceptors (Lipinski definition) is 4. The van der Waals surface area contributed by atoms with Gasteiger partial charge < -0.3 is 15.4 Å². The molecule has 1 aliphatic rings. The Labute approximate surface area is 202 Å². The number of benzene rings is 3. The van der Waals surface area contributed by atoms with Gasteiger partial charge in [-0.15, -0.1) is 0 Å². The van der Waals surface area contributed by atoms with Crippen molar-refractivity contribution in [2.24, 2.45) is 0 Å². The van der Waals surface area contributed by atoms with E-state index in [1.807, 2.05) is 37.3 Å². The lowest BCUT2D eigenvalue weighted by Gasteiger charge is -2.24. The maximum Gasteiger partial charge on any atom is 0.411 e. The van der Waals surface area contributed by atoms with Crippen LogP contribution in [-0.4, -0.2) is 28.8 Å². The minimum absolute atomic E-state index is 0.126. The van der Waals surface area contributed by atoms with Crippen LogP contribution in [0.5, 0.6) is 0 Å². The predicted octanol–water partition coefficient (Wildman–Crippen LogP) is 5.27. The molecule has 7 nitrogen and oxygen atoms in total. The highest BCUT2D eigenvalue weighted by Crippen LogP contribution is 2.35. The third-order valence-electron chi connectivity index (χ3n) is 5.62. The molecule has 0 aromatic heterocycles. The molecular weight excluding hydrogens is 449 g/mol. The van der Waals surface area contributed by atoms with E-state index < -0.39 is 30.0 Å². The van der Waals surface area contributed by atoms with E-state index in [1.54, 1.807) is 30.3 Å². The van der Waals surface area contributed by atoms with Crippen LogP contribution in [0.2, 0.25) is 0 Å². The standard InChI is InChI=1S/C27H26FN3O4/c1-2-8-23(32)29-21-13-6-11-19(15-21)25-24(26(33)30-22-14-7-12-20(28)16-22)31(27(34)35-25)17-18-9-4-3-5-10-18/h3-7,9-16,24-25H,2,8,17H2,1H3,(H,29,32)(H,30,33). The van der Waals surface area contributed by atoms with Crippen LogP contribution in [0.15, 0.2) is 78.9 Å². The quantitative estimate of drug-likeness (QED) is 0.465. The first-order valence-corrected chi connectivity index (χ1v) is 11.4. The molecule has 4 rings (SSSR count). The molecule has 3 aromatic carbocycles. The third-order valence-corrected chi connectivity index (χ3v) is 5.62. The van der Waals surface area contributed by atoms with Crippen molar-refractivity contribution in [2.75, 3.05) is 10.6 Å². The van der Waals surface area contributed by atoms with Gasteiger partial charge in [0.05, 0.1) is 6.54 Å². The van der Waals surface area contributed by atoms with E-state index in [2.05, 4.69) is 10.6 Å². The van der Waals surface area contributed by atoms with Gasteiger partial charge in [0.1, 0.15) is 5.82 Å². The smallest absolute Gasteiger partial charge is 0.411 e. The third kappa shape index (κ3) is 5.84. The Kier molecular flexibility index (Phi) is 7.40. The molecular formula is C27H26FN3O4. The number of nitrogens with one attached hydrogen (secondary N) is 2. The minimum atomic E-state index is -1.02. The first-order chi connectivity index (χ1) is 16.9. The number of cyclic esters (lactones) is 1. The Balaban J connectivity index is 1.65. The molecule has 8 heteroatoms. The van der Waals surface area contributed by atoms with Gasteiger partial charge in [0.2, 0.25) is 5.91 Å². The molecule has 3 aromatic rings. The summed E-state index contributed by atoms with van der Waals surface area (Å²) in [5, 5.41) is 5.53. The van der Waals surface area contributed by atoms with E-state index in [1.165, 1.54) is 23.1 Å². The molecule has 3 amide bonds. The molecule has 2 N–H and O–H groups in total. The second kappa shape index (κ2) is 10.8. The van der Waals surface area contributed by atoms with Gasteiger partial charge in [0.15, 0.2) is 12.1 Å². The van der Waals surface area contributed by atoms with Crippen LogP contribution >= 0.6 is 0 Å². The van der Waals surface area contributed by atoms with Crippen LogP contribution < -0.4 is 10.6 Å². The summed E-state index contributed by atoms with van der Waals surface area (Å²) in [6, 6.07) is 20.7. The van der Waals surface area contributed by atoms with E-state index in [0.717, 1.165) is 5.56 Å². The maximum atomic E-state index is 13.7. The fourth-order valence-corrected chi connectivity index (χ4v) is 4.02. The number of carbonyl (C=O) groups excluding carboxylic acids is 3. The Morgan fingerprint density at radius 2 is 1.66 bits per heavy atom. The van der Waals surface area contributed by atoms with Gasteiger partial charge in [0.25, 0.3) is 5.91 Å². The van der Waals surface area contributed by atoms with Gasteiger partial charge >= 0.3 is 6.09 Å². The van der Waals surface area contributed by atoms with Crippen molar-refractivity contribution in [2.45, 2.75) is 38.5 Å². The molecule has 1 aliphatic heterocycles. The lowest BCUT2D eigenvalue weighted by molar-refractivity contribution is -0.121. The summed E-state index contributed by atoms with van der Waals surface area (Å²) in [4.78, 5) is 39.8. The summed E-state index contributed by atoms with van der Waals surface area (Å²) >= 11 is 0. The number of anilines is 2. The summed E-state index contributed by atoms with van der Waals surface area (Å²) in [5.41, 5.74) is 2.20. The summed E-state index contributed by atoms with van der Waals surface area (Å²) < 4.78 is 19.4. The number of amides is 3. The zero-order valence-electron chi connectivity index (χ0n) is 19.2. The van der Waals surface area contributed by atoms with Crippen molar-refractivity contribution in [1.29, 1.82) is 0 Å². The molecule has 0 radical (unpaired) electrons. The molecule has 0 aliphatic carbocycles. The monoisotopic (exact) mass is 475 g/mol. The first-order valence-electron chi connectivity index (χ1n) is 11.4. The zero-order valence-corrected chi connectivity index (χ0v) is 19.2. The first kappa shape index (κ1) is 23.9. The topological polar surface area (TPSA) is 87.7 Å². The van der Waals surface area contributed by atoms with E-state index in [9.17, 15) is 18.8 Å². The number of nitrogens with zero attached hydrogens (tertiary/aromatic N) is 1. The van der Waals surface area contributed by atoms with Crippen molar-refractivity contribution in [3.8, 4) is 0 Å². The van der Waals surface area contributed by atoms with Crippen molar-refractivity contribution < 1.29 is 23.5 Å². The molecule has 0 saturated carbocycles. The summed E-state index contributed by atoms with van der Waals surface area (Å²) in [6.07, 6.45) is -0.476. The predicted molar refractivity (Wildman–Crippen MR) is 130 cm³/mol. The van der Waals surface area contributed by atoms with Crippen LogP contribution in [0.25, 0.3) is 0 Å². The maximum absolute atomic E-state index is 13.7. The highest BCUT2D eigenvalue weighted by molar-refractivity contribution is 5.98. The average molecular weight is 476 g/mol. The molecule has 1 saturated heterocycles. The van der Waals surface area contributed by atoms with E-state index in [4.69, 9.17) is 4.74 Å². The van der Waals surface area contributed by atoms with Gasteiger partial charge in [-0.3, -0.25) is 14.5 Å². The minimum Gasteiger partial charge on any atom is -0.438 e. The number of rotatable bonds is 8. The lowest BCUT2D eigenvalue weighted by Crippen LogP contribution is -2.43. The molecule has 1 heterocycles. The van der Waals surface area contributed by atoms with Crippen LogP contribution in [-0.2, 0) is 20.9 Å². The van der Waals surface area contributed by atoms with Crippen LogP contribution in [0.4, 0.5) is 20.6 Å². The summed E-state index contributed by atoms with van der Waals surface area (Å²) in [7, 11) is 0. The Hall–Kier alpha value is -4.20. The molecule has 35 heavy (non-hydrogen) atoms. The Morgan fingerprint density at radius 1 is 0.943 bits per heavy atom. The molecule has 0 bridgehead atoms. The number of hydrogen-bond donors (Lipinski definition) is 2. The largest absolute Gasteiger partial charge is 0.438 e. The van der Waals surface area contributed by atoms with Crippen molar-refractivity contribution in [1.82, 2.24) is 4.90 Å². The molecule has 2 unspecified atom stereocenters. The van der Waals surface area contributed by atoms with Crippen molar-refractivity contribution in [3.63, 3.8) is 0 Å². The second-order valence-corrected chi connectivity index (χ2v) is 8.29. The normalized spacial score (nSPS) is 17.1. The summed E-state index contributed by atoms with van der Waals surface area (Å²) in [5.74, 6) is -1.13. The highest BCUT2D eigenvalue weighted by atomic mass is 19.1. The molecule has 180 valence electrons. The van der Waals surface area contributed by atoms with Gasteiger partial charge in [-0.05, 0) is 47.9 Å². The van der Waals surface area contributed by atoms with Gasteiger partial charge in [-0.2, -0.15) is 0 Å². The fraction of sp³-hybridized carbons (Fsp3) is 0.222. The van der Waals surface area contributed by atoms with Crippen molar-refractivity contribution in [3.05, 3.63) is 95.8 Å². The molecule has 1 fully saturated rings. The Bertz CT molecular complexity index is 1220. The SMILES string of the molecule is CCCC(=O)Nc1cccc(C2OC(=O)N(Cc3ccccc3)C2C(=O)Nc2cccc(F)c2)c1. The van der Waals surface area contributed by atoms with Gasteiger partial charge in [0, 0.05) is 17.8 Å². The Morgan fingerprint density at radius 3 is 2.37 bits per heavy atom. The zero-order chi connectivity index (χ0) is 24.8. The molecule has 0 spiro atoms. The second-order valence-electron chi connectivity index (χ2n) is 8.29. The van der Waals surface area contributed by atoms with Gasteiger partial charge in [-0.1, -0.05) is 55.5 Å². The van der Waals surface area contributed by atoms with Crippen LogP contribution in [0.1, 0.15) is 37.0 Å². The van der Waals surface area contributed by atoms with Crippen LogP contribution in [0.3, 0.4) is 0 Å². The summed E-state index contributed by atoms with van der Waals surface area (Å²) in [6.45, 7) is 2.07. The lowest BCUT2D eigenvalue weighted by atomic mass is 10.00. The van der Waals surface area contributed by atoms with E-state index in [0.29, 0.717) is 24.1 Å².